The molecule has 104 valence electrons. The number of nitrogens with zero attached hydrogens (tertiary/aromatic N) is 5. The van der Waals surface area contributed by atoms with Gasteiger partial charge in [-0.2, -0.15) is 4.98 Å². The summed E-state index contributed by atoms with van der Waals surface area (Å²) in [6, 6.07) is 2.04. The molecule has 0 bridgehead atoms. The summed E-state index contributed by atoms with van der Waals surface area (Å²) < 4.78 is 0. The third-order valence-electron chi connectivity index (χ3n) is 4.09. The predicted molar refractivity (Wildman–Crippen MR) is 77.8 cm³/mol. The number of anilines is 2. The van der Waals surface area contributed by atoms with Crippen LogP contribution in [-0.2, 0) is 0 Å². The van der Waals surface area contributed by atoms with Crippen LogP contribution in [0.2, 0.25) is 0 Å². The molecular formula is C14H23N5. The van der Waals surface area contributed by atoms with Gasteiger partial charge in [-0.15, -0.1) is 0 Å². The topological polar surface area (TPSA) is 35.5 Å². The SMILES string of the molecule is CN1CCN(c2ccnc(N3CCCCC3)n2)CC1. The highest BCUT2D eigenvalue weighted by Crippen LogP contribution is 2.19. The molecule has 3 heterocycles. The maximum absolute atomic E-state index is 4.77. The summed E-state index contributed by atoms with van der Waals surface area (Å²) in [7, 11) is 2.18. The fraction of sp³-hybridized carbons (Fsp3) is 0.714. The quantitative estimate of drug-likeness (QED) is 0.800. The average Bonchev–Trinajstić information content (AvgIpc) is 2.49. The van der Waals surface area contributed by atoms with Crippen molar-refractivity contribution < 1.29 is 0 Å². The zero-order valence-corrected chi connectivity index (χ0v) is 11.8. The molecule has 0 saturated carbocycles. The average molecular weight is 261 g/mol. The van der Waals surface area contributed by atoms with Crippen LogP contribution in [0.25, 0.3) is 0 Å². The van der Waals surface area contributed by atoms with E-state index in [4.69, 9.17) is 4.98 Å². The Balaban J connectivity index is 1.72. The zero-order valence-electron chi connectivity index (χ0n) is 11.8. The molecule has 0 radical (unpaired) electrons. The van der Waals surface area contributed by atoms with Crippen LogP contribution in [0.1, 0.15) is 19.3 Å². The smallest absolute Gasteiger partial charge is 0.227 e. The number of piperidine rings is 1. The summed E-state index contributed by atoms with van der Waals surface area (Å²) in [4.78, 5) is 16.3. The first-order valence-electron chi connectivity index (χ1n) is 7.34. The van der Waals surface area contributed by atoms with Crippen molar-refractivity contribution in [3.63, 3.8) is 0 Å². The highest BCUT2D eigenvalue weighted by atomic mass is 15.3. The first kappa shape index (κ1) is 12.7. The zero-order chi connectivity index (χ0) is 13.1. The number of piperazine rings is 1. The van der Waals surface area contributed by atoms with E-state index >= 15 is 0 Å². The van der Waals surface area contributed by atoms with E-state index in [0.717, 1.165) is 51.0 Å². The lowest BCUT2D eigenvalue weighted by molar-refractivity contribution is 0.312. The third kappa shape index (κ3) is 2.97. The van der Waals surface area contributed by atoms with Gasteiger partial charge in [0.05, 0.1) is 0 Å². The summed E-state index contributed by atoms with van der Waals surface area (Å²) in [5, 5.41) is 0. The minimum absolute atomic E-state index is 0.913. The van der Waals surface area contributed by atoms with Crippen LogP contribution in [0.4, 0.5) is 11.8 Å². The van der Waals surface area contributed by atoms with Crippen LogP contribution in [0.3, 0.4) is 0 Å². The molecule has 0 unspecified atom stereocenters. The molecule has 0 N–H and O–H groups in total. The van der Waals surface area contributed by atoms with Crippen molar-refractivity contribution in [2.75, 3.05) is 56.1 Å². The predicted octanol–water partition coefficient (Wildman–Crippen LogP) is 1.22. The van der Waals surface area contributed by atoms with E-state index in [1.165, 1.54) is 19.3 Å². The summed E-state index contributed by atoms with van der Waals surface area (Å²) in [5.74, 6) is 2.00. The van der Waals surface area contributed by atoms with Crippen LogP contribution in [-0.4, -0.2) is 61.2 Å². The maximum Gasteiger partial charge on any atom is 0.227 e. The molecule has 0 aliphatic carbocycles. The molecule has 2 aliphatic heterocycles. The van der Waals surface area contributed by atoms with E-state index in [-0.39, 0.29) is 0 Å². The highest BCUT2D eigenvalue weighted by molar-refractivity contribution is 5.44. The van der Waals surface area contributed by atoms with E-state index < -0.39 is 0 Å². The minimum atomic E-state index is 0.913. The summed E-state index contributed by atoms with van der Waals surface area (Å²) in [6.45, 7) is 6.56. The summed E-state index contributed by atoms with van der Waals surface area (Å²) >= 11 is 0. The van der Waals surface area contributed by atoms with E-state index in [2.05, 4.69) is 26.7 Å². The number of hydrogen-bond acceptors (Lipinski definition) is 5. The Morgan fingerprint density at radius 3 is 2.37 bits per heavy atom. The van der Waals surface area contributed by atoms with E-state index in [0.29, 0.717) is 0 Å². The normalized spacial score (nSPS) is 21.7. The van der Waals surface area contributed by atoms with Crippen LogP contribution in [0, 0.1) is 0 Å². The second kappa shape index (κ2) is 5.74. The molecule has 5 heteroatoms. The monoisotopic (exact) mass is 261 g/mol. The summed E-state index contributed by atoms with van der Waals surface area (Å²) in [5.41, 5.74) is 0. The van der Waals surface area contributed by atoms with Gasteiger partial charge in [0.1, 0.15) is 5.82 Å². The Labute approximate surface area is 115 Å². The number of hydrogen-bond donors (Lipinski definition) is 0. The molecule has 0 atom stereocenters. The van der Waals surface area contributed by atoms with Gasteiger partial charge in [-0.05, 0) is 32.4 Å². The Hall–Kier alpha value is -1.36. The minimum Gasteiger partial charge on any atom is -0.354 e. The van der Waals surface area contributed by atoms with Gasteiger partial charge in [0.2, 0.25) is 5.95 Å². The van der Waals surface area contributed by atoms with Gasteiger partial charge in [-0.25, -0.2) is 4.98 Å². The van der Waals surface area contributed by atoms with E-state index in [1.807, 2.05) is 12.3 Å². The molecule has 0 amide bonds. The van der Waals surface area contributed by atoms with Gasteiger partial charge < -0.3 is 14.7 Å². The van der Waals surface area contributed by atoms with Gasteiger partial charge >= 0.3 is 0 Å². The lowest BCUT2D eigenvalue weighted by atomic mass is 10.1. The molecule has 5 nitrogen and oxygen atoms in total. The van der Waals surface area contributed by atoms with Crippen molar-refractivity contribution in [2.45, 2.75) is 19.3 Å². The van der Waals surface area contributed by atoms with E-state index in [9.17, 15) is 0 Å². The van der Waals surface area contributed by atoms with Crippen LogP contribution >= 0.6 is 0 Å². The van der Waals surface area contributed by atoms with E-state index in [1.54, 1.807) is 0 Å². The van der Waals surface area contributed by atoms with Crippen molar-refractivity contribution in [3.05, 3.63) is 12.3 Å². The second-order valence-corrected chi connectivity index (χ2v) is 5.55. The maximum atomic E-state index is 4.77. The largest absolute Gasteiger partial charge is 0.354 e. The molecule has 1 aromatic rings. The standard InChI is InChI=1S/C14H23N5/c1-17-9-11-18(12-10-17)13-5-6-15-14(16-13)19-7-3-2-4-8-19/h5-6H,2-4,7-12H2,1H3. The van der Waals surface area contributed by atoms with Gasteiger partial charge in [-0.3, -0.25) is 0 Å². The van der Waals surface area contributed by atoms with Crippen molar-refractivity contribution in [3.8, 4) is 0 Å². The molecule has 2 aliphatic rings. The van der Waals surface area contributed by atoms with Crippen LogP contribution in [0.15, 0.2) is 12.3 Å². The molecule has 2 fully saturated rings. The Kier molecular flexibility index (Phi) is 3.82. The number of rotatable bonds is 2. The van der Waals surface area contributed by atoms with Crippen LogP contribution < -0.4 is 9.80 Å². The molecule has 3 rings (SSSR count). The van der Waals surface area contributed by atoms with Crippen molar-refractivity contribution in [2.24, 2.45) is 0 Å². The number of likely N-dealkylation sites (N-methyl/N-ethyl adjacent to an activating group) is 1. The Morgan fingerprint density at radius 2 is 1.63 bits per heavy atom. The molecule has 0 aromatic carbocycles. The highest BCUT2D eigenvalue weighted by Gasteiger charge is 2.18. The Morgan fingerprint density at radius 1 is 0.895 bits per heavy atom. The van der Waals surface area contributed by atoms with Crippen molar-refractivity contribution in [1.82, 2.24) is 14.9 Å². The van der Waals surface area contributed by atoms with Crippen molar-refractivity contribution >= 4 is 11.8 Å². The molecular weight excluding hydrogens is 238 g/mol. The van der Waals surface area contributed by atoms with Crippen molar-refractivity contribution in [1.29, 1.82) is 0 Å². The number of aromatic nitrogens is 2. The molecule has 1 aromatic heterocycles. The first-order chi connectivity index (χ1) is 9.33. The van der Waals surface area contributed by atoms with Gasteiger partial charge in [-0.1, -0.05) is 0 Å². The van der Waals surface area contributed by atoms with Crippen LogP contribution in [0.5, 0.6) is 0 Å². The lowest BCUT2D eigenvalue weighted by Crippen LogP contribution is -2.45. The Bertz CT molecular complexity index is 408. The molecule has 2 saturated heterocycles. The third-order valence-corrected chi connectivity index (χ3v) is 4.09. The first-order valence-corrected chi connectivity index (χ1v) is 7.34. The molecule has 19 heavy (non-hydrogen) atoms. The van der Waals surface area contributed by atoms with Gasteiger partial charge in [0.15, 0.2) is 0 Å². The fourth-order valence-electron chi connectivity index (χ4n) is 2.80. The van der Waals surface area contributed by atoms with Gasteiger partial charge in [0, 0.05) is 45.5 Å². The second-order valence-electron chi connectivity index (χ2n) is 5.55. The lowest BCUT2D eigenvalue weighted by Gasteiger charge is -2.34. The fourth-order valence-corrected chi connectivity index (χ4v) is 2.80. The van der Waals surface area contributed by atoms with Gasteiger partial charge in [0.25, 0.3) is 0 Å². The summed E-state index contributed by atoms with van der Waals surface area (Å²) in [6.07, 6.45) is 5.78. The molecule has 0 spiro atoms.